The third-order valence-corrected chi connectivity index (χ3v) is 11.7. The minimum absolute atomic E-state index is 0. The van der Waals surface area contributed by atoms with E-state index in [9.17, 15) is 0 Å². The van der Waals surface area contributed by atoms with Gasteiger partial charge in [0.2, 0.25) is 0 Å². The molecule has 2 heterocycles. The smallest absolute Gasteiger partial charge is 0.134 e. The second kappa shape index (κ2) is 20.0. The van der Waals surface area contributed by atoms with E-state index >= 15 is 0 Å². The molecule has 2 saturated carbocycles. The molecule has 7 unspecified atom stereocenters. The third kappa shape index (κ3) is 9.56. The monoisotopic (exact) mass is 823 g/mol. The summed E-state index contributed by atoms with van der Waals surface area (Å²) in [6, 6.07) is 9.04. The van der Waals surface area contributed by atoms with Gasteiger partial charge in [0.1, 0.15) is 11.3 Å². The van der Waals surface area contributed by atoms with Gasteiger partial charge in [0.05, 0.1) is 17.1 Å². The molecular formula is C43H69HfN3O-2. The van der Waals surface area contributed by atoms with Crippen LogP contribution in [0.1, 0.15) is 150 Å². The van der Waals surface area contributed by atoms with Crippen molar-refractivity contribution in [1.29, 1.82) is 0 Å². The fourth-order valence-electron chi connectivity index (χ4n) is 9.31. The van der Waals surface area contributed by atoms with Crippen LogP contribution in [0.5, 0.6) is 0 Å². The van der Waals surface area contributed by atoms with E-state index < -0.39 is 0 Å². The quantitative estimate of drug-likeness (QED) is 0.127. The number of aromatic nitrogens is 2. The molecule has 2 fully saturated rings. The Balaban J connectivity index is 0.00000118. The number of nitrogens with zero attached hydrogens (tertiary/aromatic N) is 3. The molecule has 3 aromatic rings. The Hall–Kier alpha value is -1.20. The topological polar surface area (TPSA) is 45.1 Å². The Morgan fingerprint density at radius 2 is 1.48 bits per heavy atom. The van der Waals surface area contributed by atoms with Crippen LogP contribution >= 0.6 is 0 Å². The molecule has 268 valence electrons. The fourth-order valence-corrected chi connectivity index (χ4v) is 9.31. The summed E-state index contributed by atoms with van der Waals surface area (Å²) in [4.78, 5) is 5.59. The first-order chi connectivity index (χ1) is 22.7. The second-order valence-electron chi connectivity index (χ2n) is 15.6. The van der Waals surface area contributed by atoms with Crippen LogP contribution in [0, 0.1) is 48.3 Å². The van der Waals surface area contributed by atoms with Crippen LogP contribution in [-0.2, 0) is 39.3 Å². The van der Waals surface area contributed by atoms with Gasteiger partial charge in [-0.1, -0.05) is 156 Å². The van der Waals surface area contributed by atoms with Gasteiger partial charge >= 0.3 is 0 Å². The number of rotatable bonds is 13. The Bertz CT molecular complexity index is 1340. The summed E-state index contributed by atoms with van der Waals surface area (Å²) in [6.45, 7) is 22.5. The summed E-state index contributed by atoms with van der Waals surface area (Å²) < 4.78 is 8.71. The molecule has 0 aliphatic heterocycles. The predicted molar refractivity (Wildman–Crippen MR) is 203 cm³/mol. The summed E-state index contributed by atoms with van der Waals surface area (Å²) in [6.07, 6.45) is 18.6. The van der Waals surface area contributed by atoms with Crippen molar-refractivity contribution < 1.29 is 30.3 Å². The van der Waals surface area contributed by atoms with Crippen molar-refractivity contribution in [2.24, 2.45) is 48.5 Å². The predicted octanol–water partition coefficient (Wildman–Crippen LogP) is 13.2. The van der Waals surface area contributed by atoms with E-state index in [-0.39, 0.29) is 31.9 Å². The number of hydrogen-bond acceptors (Lipinski definition) is 2. The Kier molecular flexibility index (Phi) is 17.2. The van der Waals surface area contributed by atoms with Crippen LogP contribution in [0.3, 0.4) is 0 Å². The zero-order valence-corrected chi connectivity index (χ0v) is 35.8. The zero-order valence-electron chi connectivity index (χ0n) is 32.2. The number of benzene rings is 1. The minimum atomic E-state index is 0. The molecule has 7 atom stereocenters. The number of aryl methyl sites for hydroxylation is 2. The average molecular weight is 823 g/mol. The van der Waals surface area contributed by atoms with Crippen molar-refractivity contribution in [3.8, 4) is 11.3 Å². The number of unbranched alkanes of at least 4 members (excludes halogenated alkanes) is 1. The first-order valence-electron chi connectivity index (χ1n) is 19.7. The zero-order chi connectivity index (χ0) is 34.1. The molecule has 5 rings (SSSR count). The Morgan fingerprint density at radius 1 is 0.875 bits per heavy atom. The minimum Gasteiger partial charge on any atom is -0.650 e. The van der Waals surface area contributed by atoms with E-state index in [1.54, 1.807) is 0 Å². The number of imidazole rings is 1. The van der Waals surface area contributed by atoms with E-state index in [1.807, 2.05) is 0 Å². The van der Waals surface area contributed by atoms with Gasteiger partial charge in [0.15, 0.2) is 0 Å². The molecule has 0 amide bonds. The molecule has 0 saturated heterocycles. The van der Waals surface area contributed by atoms with Crippen molar-refractivity contribution in [2.45, 2.75) is 151 Å². The van der Waals surface area contributed by atoms with Crippen LogP contribution in [-0.4, -0.2) is 15.6 Å². The number of fused-ring (bicyclic) bond motifs is 1. The van der Waals surface area contributed by atoms with E-state index in [4.69, 9.17) is 14.7 Å². The van der Waals surface area contributed by atoms with Crippen LogP contribution in [0.2, 0.25) is 0 Å². The molecule has 48 heavy (non-hydrogen) atoms. The maximum absolute atomic E-state index is 6.36. The number of hydrogen-bond donors (Lipinski definition) is 0. The number of para-hydroxylation sites is 1. The van der Waals surface area contributed by atoms with Gasteiger partial charge in [-0.25, -0.2) is 4.98 Å². The van der Waals surface area contributed by atoms with Crippen molar-refractivity contribution in [1.82, 2.24) is 9.55 Å². The van der Waals surface area contributed by atoms with Gasteiger partial charge < -0.3 is 21.2 Å². The van der Waals surface area contributed by atoms with E-state index in [0.29, 0.717) is 47.5 Å². The molecular weight excluding hydrogens is 753 g/mol. The summed E-state index contributed by atoms with van der Waals surface area (Å²) >= 11 is 0. The van der Waals surface area contributed by atoms with E-state index in [1.165, 1.54) is 87.4 Å². The Labute approximate surface area is 314 Å². The molecule has 2 aliphatic rings. The molecule has 1 aromatic carbocycles. The van der Waals surface area contributed by atoms with Crippen molar-refractivity contribution >= 4 is 11.0 Å². The number of furan rings is 1. The van der Waals surface area contributed by atoms with Crippen molar-refractivity contribution in [2.75, 3.05) is 0 Å². The molecule has 2 aromatic heterocycles. The second-order valence-corrected chi connectivity index (χ2v) is 15.6. The first-order valence-corrected chi connectivity index (χ1v) is 19.7. The maximum atomic E-state index is 6.36. The fraction of sp³-hybridized carbons (Fsp3) is 0.721. The van der Waals surface area contributed by atoms with Crippen LogP contribution in [0.4, 0.5) is 0 Å². The summed E-state index contributed by atoms with van der Waals surface area (Å²) in [5.41, 5.74) is 3.19. The van der Waals surface area contributed by atoms with Crippen molar-refractivity contribution in [3.05, 3.63) is 54.3 Å². The molecule has 0 N–H and O–H groups in total. The molecule has 5 heteroatoms. The summed E-state index contributed by atoms with van der Waals surface area (Å²) in [5.74, 6) is 6.86. The molecule has 4 nitrogen and oxygen atoms in total. The largest absolute Gasteiger partial charge is 0.650 e. The van der Waals surface area contributed by atoms with Gasteiger partial charge in [0.25, 0.3) is 0 Å². The summed E-state index contributed by atoms with van der Waals surface area (Å²) in [5, 5.41) is 7.33. The van der Waals surface area contributed by atoms with E-state index in [0.717, 1.165) is 29.9 Å². The Morgan fingerprint density at radius 3 is 2.08 bits per heavy atom. The van der Waals surface area contributed by atoms with Crippen LogP contribution in [0.25, 0.3) is 27.5 Å². The molecule has 0 spiro atoms. The van der Waals surface area contributed by atoms with Crippen LogP contribution < -0.4 is 0 Å². The van der Waals surface area contributed by atoms with E-state index in [2.05, 4.69) is 104 Å². The molecule has 0 bridgehead atoms. The SMILES string of the molecule is CCCC1CCCC(C(C)C)C1[N-]C(c1nc(-c2c(CC)oc3ccccc23)cn1C)C1C(CCC)CCCC1C(C)C.[CH2-]CCC.[Hf]. The van der Waals surface area contributed by atoms with Crippen LogP contribution in [0.15, 0.2) is 34.9 Å². The van der Waals surface area contributed by atoms with Gasteiger partial charge in [0, 0.05) is 50.9 Å². The maximum Gasteiger partial charge on any atom is 0.134 e. The van der Waals surface area contributed by atoms with Gasteiger partial charge in [-0.2, -0.15) is 6.42 Å². The van der Waals surface area contributed by atoms with Gasteiger partial charge in [-0.3, -0.25) is 0 Å². The molecule has 0 radical (unpaired) electrons. The van der Waals surface area contributed by atoms with Gasteiger partial charge in [-0.05, 0) is 42.1 Å². The van der Waals surface area contributed by atoms with Gasteiger partial charge in [-0.15, -0.1) is 6.04 Å². The third-order valence-electron chi connectivity index (χ3n) is 11.7. The standard InChI is InChI=1S/C39H60N3O.C4H9.Hf/c1-9-16-27-18-14-21-29(25(4)5)35(27)38(41-37-28(17-10-2)19-15-22-30(37)26(6)7)39-40-32(24-42(39)8)36-31-20-12-13-23-34(31)43-33(36)11-3;1-3-4-2;/h12-13,20,23-30,35,37-38H,9-11,14-19,21-22H2,1-8H3;1,3-4H2,2H3;/q2*-1;. The van der Waals surface area contributed by atoms with Crippen molar-refractivity contribution in [3.63, 3.8) is 0 Å². The molecule has 2 aliphatic carbocycles. The average Bonchev–Trinajstić information content (AvgIpc) is 3.64. The normalized spacial score (nSPS) is 25.2. The summed E-state index contributed by atoms with van der Waals surface area (Å²) in [7, 11) is 2.23. The first kappa shape index (κ1) is 41.2.